The van der Waals surface area contributed by atoms with Crippen LogP contribution in [0, 0.1) is 0 Å². The molecule has 0 spiro atoms. The molecule has 0 radical (unpaired) electrons. The summed E-state index contributed by atoms with van der Waals surface area (Å²) in [4.78, 5) is 4.40. The lowest BCUT2D eigenvalue weighted by Gasteiger charge is -2.17. The predicted octanol–water partition coefficient (Wildman–Crippen LogP) is 1.84. The molecule has 6 nitrogen and oxygen atoms in total. The third-order valence-electron chi connectivity index (χ3n) is 3.30. The van der Waals surface area contributed by atoms with Gasteiger partial charge < -0.3 is 10.6 Å². The maximum absolute atomic E-state index is 11.3. The molecule has 0 aliphatic carbocycles. The topological polar surface area (TPSA) is 82.6 Å². The highest BCUT2D eigenvalue weighted by Gasteiger charge is 2.06. The minimum Gasteiger partial charge on any atom is -0.357 e. The predicted molar refractivity (Wildman–Crippen MR) is 94.8 cm³/mol. The van der Waals surface area contributed by atoms with Crippen molar-refractivity contribution in [2.45, 2.75) is 65.8 Å². The lowest BCUT2D eigenvalue weighted by atomic mass is 10.1. The molecule has 0 rings (SSSR count). The largest absolute Gasteiger partial charge is 0.357 e. The highest BCUT2D eigenvalue weighted by atomic mass is 32.2. The van der Waals surface area contributed by atoms with Crippen LogP contribution in [0.1, 0.15) is 59.8 Å². The second-order valence-electron chi connectivity index (χ2n) is 5.45. The van der Waals surface area contributed by atoms with Gasteiger partial charge in [-0.1, -0.05) is 32.6 Å². The monoisotopic (exact) mass is 334 g/mol. The van der Waals surface area contributed by atoms with E-state index in [2.05, 4.69) is 34.2 Å². The molecule has 132 valence electrons. The number of hydrogen-bond acceptors (Lipinski definition) is 3. The molecule has 0 aromatic carbocycles. The molecular formula is C15H34N4O2S. The highest BCUT2D eigenvalue weighted by molar-refractivity contribution is 7.89. The van der Waals surface area contributed by atoms with Gasteiger partial charge in [0.05, 0.1) is 12.3 Å². The van der Waals surface area contributed by atoms with Gasteiger partial charge in [0.2, 0.25) is 10.0 Å². The standard InChI is InChI=1S/C15H34N4O2S/c1-5-8-9-10-11-14(4)19-15(16-6-2)17-12-13-18-22(20,21)7-3/h14,18H,5-13H2,1-4H3,(H2,16,17,19). The van der Waals surface area contributed by atoms with E-state index >= 15 is 0 Å². The summed E-state index contributed by atoms with van der Waals surface area (Å²) in [7, 11) is -3.13. The van der Waals surface area contributed by atoms with E-state index in [1.165, 1.54) is 25.7 Å². The Morgan fingerprint density at radius 3 is 2.45 bits per heavy atom. The number of aliphatic imine (C=N–C) groups is 1. The Morgan fingerprint density at radius 1 is 1.14 bits per heavy atom. The van der Waals surface area contributed by atoms with E-state index in [-0.39, 0.29) is 5.75 Å². The van der Waals surface area contributed by atoms with Crippen LogP contribution in [0.25, 0.3) is 0 Å². The molecule has 0 saturated carbocycles. The van der Waals surface area contributed by atoms with Gasteiger partial charge in [-0.3, -0.25) is 4.99 Å². The van der Waals surface area contributed by atoms with Gasteiger partial charge in [-0.15, -0.1) is 0 Å². The molecule has 0 bridgehead atoms. The summed E-state index contributed by atoms with van der Waals surface area (Å²) in [5.74, 6) is 0.852. The normalized spacial score (nSPS) is 13.9. The van der Waals surface area contributed by atoms with Crippen molar-refractivity contribution in [2.75, 3.05) is 25.4 Å². The third kappa shape index (κ3) is 11.8. The Bertz CT molecular complexity index is 396. The average molecular weight is 335 g/mol. The van der Waals surface area contributed by atoms with E-state index < -0.39 is 10.0 Å². The minimum atomic E-state index is -3.13. The summed E-state index contributed by atoms with van der Waals surface area (Å²) in [5, 5.41) is 6.56. The van der Waals surface area contributed by atoms with Crippen molar-refractivity contribution < 1.29 is 8.42 Å². The zero-order chi connectivity index (χ0) is 16.8. The van der Waals surface area contributed by atoms with Gasteiger partial charge in [0, 0.05) is 19.1 Å². The smallest absolute Gasteiger partial charge is 0.211 e. The molecule has 3 N–H and O–H groups in total. The van der Waals surface area contributed by atoms with E-state index in [1.54, 1.807) is 6.92 Å². The first kappa shape index (κ1) is 21.2. The second kappa shape index (κ2) is 12.7. The van der Waals surface area contributed by atoms with Crippen LogP contribution in [0.4, 0.5) is 0 Å². The number of nitrogens with one attached hydrogen (secondary N) is 3. The van der Waals surface area contributed by atoms with Gasteiger partial charge in [-0.2, -0.15) is 0 Å². The molecule has 1 atom stereocenters. The molecule has 0 amide bonds. The van der Waals surface area contributed by atoms with Crippen molar-refractivity contribution >= 4 is 16.0 Å². The summed E-state index contributed by atoms with van der Waals surface area (Å²) in [6.07, 6.45) is 6.15. The molecule has 0 aliphatic heterocycles. The van der Waals surface area contributed by atoms with Crippen LogP contribution in [0.15, 0.2) is 4.99 Å². The summed E-state index contributed by atoms with van der Waals surface area (Å²) >= 11 is 0. The van der Waals surface area contributed by atoms with Crippen molar-refractivity contribution in [3.8, 4) is 0 Å². The third-order valence-corrected chi connectivity index (χ3v) is 4.71. The molecule has 22 heavy (non-hydrogen) atoms. The molecule has 0 aromatic heterocycles. The fourth-order valence-corrected chi connectivity index (χ4v) is 2.58. The van der Waals surface area contributed by atoms with Gasteiger partial charge in [0.25, 0.3) is 0 Å². The van der Waals surface area contributed by atoms with Crippen LogP contribution in [0.2, 0.25) is 0 Å². The summed E-state index contributed by atoms with van der Waals surface area (Å²) in [5.41, 5.74) is 0. The number of hydrogen-bond donors (Lipinski definition) is 3. The van der Waals surface area contributed by atoms with Gasteiger partial charge in [-0.05, 0) is 27.2 Å². The first-order chi connectivity index (χ1) is 10.4. The maximum atomic E-state index is 11.3. The molecule has 1 unspecified atom stereocenters. The van der Waals surface area contributed by atoms with E-state index in [9.17, 15) is 8.42 Å². The SMILES string of the molecule is CCCCCCC(C)NC(=NCCNS(=O)(=O)CC)NCC. The Labute approximate surface area is 136 Å². The van der Waals surface area contributed by atoms with Gasteiger partial charge in [-0.25, -0.2) is 13.1 Å². The van der Waals surface area contributed by atoms with E-state index in [4.69, 9.17) is 0 Å². The Kier molecular flexibility index (Phi) is 12.2. The molecule has 0 fully saturated rings. The Morgan fingerprint density at radius 2 is 1.86 bits per heavy atom. The van der Waals surface area contributed by atoms with Gasteiger partial charge in [0.1, 0.15) is 0 Å². The molecule has 0 aliphatic rings. The number of unbranched alkanes of at least 4 members (excludes halogenated alkanes) is 3. The summed E-state index contributed by atoms with van der Waals surface area (Å²) < 4.78 is 25.2. The maximum Gasteiger partial charge on any atom is 0.211 e. The van der Waals surface area contributed by atoms with Crippen LogP contribution < -0.4 is 15.4 Å². The van der Waals surface area contributed by atoms with E-state index in [1.807, 2.05) is 6.92 Å². The Balaban J connectivity index is 4.14. The van der Waals surface area contributed by atoms with Crippen molar-refractivity contribution in [1.82, 2.24) is 15.4 Å². The minimum absolute atomic E-state index is 0.101. The lowest BCUT2D eigenvalue weighted by molar-refractivity contribution is 0.537. The van der Waals surface area contributed by atoms with Crippen LogP contribution in [-0.4, -0.2) is 45.8 Å². The Hall–Kier alpha value is -0.820. The number of guanidine groups is 1. The number of rotatable bonds is 12. The summed E-state index contributed by atoms with van der Waals surface area (Å²) in [6, 6.07) is 0.363. The molecule has 0 heterocycles. The number of nitrogens with zero attached hydrogens (tertiary/aromatic N) is 1. The van der Waals surface area contributed by atoms with Crippen LogP contribution in [0.3, 0.4) is 0 Å². The van der Waals surface area contributed by atoms with Crippen molar-refractivity contribution in [3.05, 3.63) is 0 Å². The first-order valence-electron chi connectivity index (χ1n) is 8.47. The van der Waals surface area contributed by atoms with Gasteiger partial charge >= 0.3 is 0 Å². The van der Waals surface area contributed by atoms with Crippen LogP contribution in [0.5, 0.6) is 0 Å². The highest BCUT2D eigenvalue weighted by Crippen LogP contribution is 2.05. The molecule has 0 aromatic rings. The first-order valence-corrected chi connectivity index (χ1v) is 10.1. The zero-order valence-corrected chi connectivity index (χ0v) is 15.4. The molecule has 7 heteroatoms. The van der Waals surface area contributed by atoms with Crippen molar-refractivity contribution in [3.63, 3.8) is 0 Å². The quantitative estimate of drug-likeness (QED) is 0.289. The fraction of sp³-hybridized carbons (Fsp3) is 0.933. The van der Waals surface area contributed by atoms with Crippen LogP contribution >= 0.6 is 0 Å². The lowest BCUT2D eigenvalue weighted by Crippen LogP contribution is -2.42. The van der Waals surface area contributed by atoms with E-state index in [0.717, 1.165) is 18.9 Å². The van der Waals surface area contributed by atoms with Crippen molar-refractivity contribution in [1.29, 1.82) is 0 Å². The fourth-order valence-electron chi connectivity index (χ4n) is 1.97. The average Bonchev–Trinajstić information content (AvgIpc) is 2.48. The second-order valence-corrected chi connectivity index (χ2v) is 7.55. The van der Waals surface area contributed by atoms with Gasteiger partial charge in [0.15, 0.2) is 5.96 Å². The molecule has 0 saturated heterocycles. The van der Waals surface area contributed by atoms with Crippen molar-refractivity contribution in [2.24, 2.45) is 4.99 Å². The van der Waals surface area contributed by atoms with E-state index in [0.29, 0.717) is 19.1 Å². The van der Waals surface area contributed by atoms with Crippen LogP contribution in [-0.2, 0) is 10.0 Å². The summed E-state index contributed by atoms with van der Waals surface area (Å²) in [6.45, 7) is 9.55. The molecular weight excluding hydrogens is 300 g/mol. The number of sulfonamides is 1. The zero-order valence-electron chi connectivity index (χ0n) is 14.6.